The molecule has 10 heteroatoms. The molecule has 176 valence electrons. The molecule has 1 rings (SSSR count). The molecule has 0 aliphatic heterocycles. The van der Waals surface area contributed by atoms with Gasteiger partial charge < -0.3 is 26.0 Å². The maximum absolute atomic E-state index is 12.1. The van der Waals surface area contributed by atoms with Crippen molar-refractivity contribution >= 4 is 47.8 Å². The number of nitrogens with zero attached hydrogens (tertiary/aromatic N) is 2. The van der Waals surface area contributed by atoms with Gasteiger partial charge in [0.05, 0.1) is 12.1 Å². The van der Waals surface area contributed by atoms with Crippen LogP contribution in [-0.4, -0.2) is 53.7 Å². The first-order valence-corrected chi connectivity index (χ1v) is 10.2. The Labute approximate surface area is 202 Å². The van der Waals surface area contributed by atoms with E-state index in [0.717, 1.165) is 5.56 Å². The number of hydrogen-bond donors (Lipinski definition) is 4. The molecule has 2 amide bonds. The van der Waals surface area contributed by atoms with Gasteiger partial charge in [0, 0.05) is 25.7 Å². The van der Waals surface area contributed by atoms with E-state index in [9.17, 15) is 9.59 Å². The molecule has 0 aliphatic rings. The summed E-state index contributed by atoms with van der Waals surface area (Å²) in [4.78, 5) is 32.7. The quantitative estimate of drug-likeness (QED) is 0.225. The van der Waals surface area contributed by atoms with Crippen molar-refractivity contribution in [3.8, 4) is 0 Å². The first-order valence-electron chi connectivity index (χ1n) is 10.2. The van der Waals surface area contributed by atoms with E-state index >= 15 is 0 Å². The van der Waals surface area contributed by atoms with Crippen LogP contribution in [0.3, 0.4) is 0 Å². The minimum absolute atomic E-state index is 0. The maximum Gasteiger partial charge on any atom is 0.408 e. The van der Waals surface area contributed by atoms with E-state index in [0.29, 0.717) is 31.4 Å². The SMILES string of the molecule is CCNC(=NCC(C)(C)NC(=O)OC(C)(C)C)NCCC(=O)Nc1ccc(C)cn1.I. The fourth-order valence-electron chi connectivity index (χ4n) is 2.28. The number of aliphatic imine (C=N–C) groups is 1. The average Bonchev–Trinajstić information content (AvgIpc) is 2.59. The lowest BCUT2D eigenvalue weighted by Gasteiger charge is -2.27. The zero-order valence-electron chi connectivity index (χ0n) is 19.6. The van der Waals surface area contributed by atoms with Crippen LogP contribution in [-0.2, 0) is 9.53 Å². The van der Waals surface area contributed by atoms with Gasteiger partial charge in [-0.1, -0.05) is 6.07 Å². The topological polar surface area (TPSA) is 117 Å². The van der Waals surface area contributed by atoms with Gasteiger partial charge in [0.25, 0.3) is 0 Å². The van der Waals surface area contributed by atoms with Gasteiger partial charge in [-0.25, -0.2) is 9.78 Å². The van der Waals surface area contributed by atoms with E-state index in [1.165, 1.54) is 0 Å². The number of aromatic nitrogens is 1. The molecule has 1 heterocycles. The lowest BCUT2D eigenvalue weighted by molar-refractivity contribution is -0.116. The maximum atomic E-state index is 12.1. The number of ether oxygens (including phenoxy) is 1. The molecule has 0 saturated carbocycles. The molecule has 0 bridgehead atoms. The molecule has 0 aliphatic carbocycles. The number of pyridine rings is 1. The summed E-state index contributed by atoms with van der Waals surface area (Å²) in [5.41, 5.74) is -0.126. The van der Waals surface area contributed by atoms with Gasteiger partial charge in [-0.15, -0.1) is 24.0 Å². The van der Waals surface area contributed by atoms with Gasteiger partial charge in [-0.2, -0.15) is 0 Å². The predicted molar refractivity (Wildman–Crippen MR) is 135 cm³/mol. The van der Waals surface area contributed by atoms with Crippen LogP contribution in [0.15, 0.2) is 23.3 Å². The molecule has 0 saturated heterocycles. The molecule has 0 spiro atoms. The van der Waals surface area contributed by atoms with Gasteiger partial charge in [0.1, 0.15) is 11.4 Å². The number of halogens is 1. The lowest BCUT2D eigenvalue weighted by atomic mass is 10.1. The first-order chi connectivity index (χ1) is 13.9. The Bertz CT molecular complexity index is 730. The van der Waals surface area contributed by atoms with Crippen molar-refractivity contribution in [3.05, 3.63) is 23.9 Å². The third-order valence-corrected chi connectivity index (χ3v) is 3.64. The van der Waals surface area contributed by atoms with Crippen LogP contribution in [0.25, 0.3) is 0 Å². The normalized spacial score (nSPS) is 11.8. The minimum Gasteiger partial charge on any atom is -0.444 e. The summed E-state index contributed by atoms with van der Waals surface area (Å²) in [6.07, 6.45) is 1.48. The van der Waals surface area contributed by atoms with Gasteiger partial charge in [0.2, 0.25) is 5.91 Å². The van der Waals surface area contributed by atoms with Crippen molar-refractivity contribution in [1.29, 1.82) is 0 Å². The van der Waals surface area contributed by atoms with Gasteiger partial charge in [0.15, 0.2) is 5.96 Å². The highest BCUT2D eigenvalue weighted by molar-refractivity contribution is 14.0. The molecule has 31 heavy (non-hydrogen) atoms. The van der Waals surface area contributed by atoms with Crippen LogP contribution in [0.4, 0.5) is 10.6 Å². The van der Waals surface area contributed by atoms with Crippen molar-refractivity contribution in [1.82, 2.24) is 20.9 Å². The number of alkyl carbamates (subject to hydrolysis) is 1. The number of carbonyl (C=O) groups excluding carboxylic acids is 2. The molecule has 4 N–H and O–H groups in total. The van der Waals surface area contributed by atoms with Crippen LogP contribution in [0.5, 0.6) is 0 Å². The molecule has 0 aromatic carbocycles. The van der Waals surface area contributed by atoms with Crippen molar-refractivity contribution in [3.63, 3.8) is 0 Å². The Morgan fingerprint density at radius 2 is 1.81 bits per heavy atom. The summed E-state index contributed by atoms with van der Waals surface area (Å²) in [7, 11) is 0. The Morgan fingerprint density at radius 1 is 1.13 bits per heavy atom. The number of carbonyl (C=O) groups is 2. The molecular weight excluding hydrogens is 511 g/mol. The van der Waals surface area contributed by atoms with E-state index in [2.05, 4.69) is 31.2 Å². The highest BCUT2D eigenvalue weighted by Gasteiger charge is 2.24. The predicted octanol–water partition coefficient (Wildman–Crippen LogP) is 3.20. The third-order valence-electron chi connectivity index (χ3n) is 3.64. The van der Waals surface area contributed by atoms with E-state index in [-0.39, 0.29) is 36.3 Å². The summed E-state index contributed by atoms with van der Waals surface area (Å²) < 4.78 is 5.30. The van der Waals surface area contributed by atoms with Crippen molar-refractivity contribution in [2.24, 2.45) is 4.99 Å². The molecule has 1 aromatic heterocycles. The number of rotatable bonds is 8. The van der Waals surface area contributed by atoms with Crippen LogP contribution < -0.4 is 21.3 Å². The molecular formula is C21H37IN6O3. The molecule has 0 fully saturated rings. The zero-order valence-corrected chi connectivity index (χ0v) is 21.9. The molecule has 0 unspecified atom stereocenters. The average molecular weight is 548 g/mol. The summed E-state index contributed by atoms with van der Waals surface area (Å²) in [5, 5.41) is 11.8. The van der Waals surface area contributed by atoms with Gasteiger partial charge in [-0.05, 0) is 60.1 Å². The van der Waals surface area contributed by atoms with Crippen LogP contribution in [0.2, 0.25) is 0 Å². The van der Waals surface area contributed by atoms with Gasteiger partial charge >= 0.3 is 6.09 Å². The monoisotopic (exact) mass is 548 g/mol. The number of anilines is 1. The fourth-order valence-corrected chi connectivity index (χ4v) is 2.28. The second kappa shape index (κ2) is 13.3. The zero-order chi connectivity index (χ0) is 22.8. The third kappa shape index (κ3) is 13.7. The van der Waals surface area contributed by atoms with E-state index in [1.54, 1.807) is 12.3 Å². The summed E-state index contributed by atoms with van der Waals surface area (Å²) in [6, 6.07) is 3.66. The minimum atomic E-state index is -0.598. The summed E-state index contributed by atoms with van der Waals surface area (Å²) >= 11 is 0. The standard InChI is InChI=1S/C21H36N6O3.HI/c1-8-22-18(25-14-21(6,7)27-19(29)30-20(3,4)5)23-12-11-17(28)26-16-10-9-15(2)13-24-16;/h9-10,13H,8,11-12,14H2,1-7H3,(H,27,29)(H2,22,23,25)(H,24,26,28);1H. The second-order valence-electron chi connectivity index (χ2n) is 8.65. The van der Waals surface area contributed by atoms with Crippen LogP contribution >= 0.6 is 24.0 Å². The molecule has 0 atom stereocenters. The Hall–Kier alpha value is -2.11. The number of aryl methyl sites for hydroxylation is 1. The number of amides is 2. The van der Waals surface area contributed by atoms with Crippen molar-refractivity contribution in [2.75, 3.05) is 25.0 Å². The first kappa shape index (κ1) is 28.9. The Morgan fingerprint density at radius 3 is 2.35 bits per heavy atom. The van der Waals surface area contributed by atoms with Crippen molar-refractivity contribution < 1.29 is 14.3 Å². The highest BCUT2D eigenvalue weighted by Crippen LogP contribution is 2.10. The van der Waals surface area contributed by atoms with E-state index in [1.807, 2.05) is 54.5 Å². The molecule has 0 radical (unpaired) electrons. The largest absolute Gasteiger partial charge is 0.444 e. The van der Waals surface area contributed by atoms with E-state index in [4.69, 9.17) is 4.74 Å². The van der Waals surface area contributed by atoms with Crippen LogP contribution in [0, 0.1) is 6.92 Å². The molecule has 9 nitrogen and oxygen atoms in total. The number of hydrogen-bond acceptors (Lipinski definition) is 5. The Kier molecular flexibility index (Phi) is 12.4. The van der Waals surface area contributed by atoms with Crippen LogP contribution in [0.1, 0.15) is 53.5 Å². The fraction of sp³-hybridized carbons (Fsp3) is 0.619. The number of nitrogens with one attached hydrogen (secondary N) is 4. The second-order valence-corrected chi connectivity index (χ2v) is 8.65. The van der Waals surface area contributed by atoms with Gasteiger partial charge in [-0.3, -0.25) is 9.79 Å². The van der Waals surface area contributed by atoms with Crippen molar-refractivity contribution in [2.45, 2.75) is 66.0 Å². The smallest absolute Gasteiger partial charge is 0.408 e. The lowest BCUT2D eigenvalue weighted by Crippen LogP contribution is -2.49. The Balaban J connectivity index is 0.00000900. The number of guanidine groups is 1. The highest BCUT2D eigenvalue weighted by atomic mass is 127. The van der Waals surface area contributed by atoms with E-state index < -0.39 is 17.2 Å². The molecule has 1 aromatic rings. The summed E-state index contributed by atoms with van der Waals surface area (Å²) in [6.45, 7) is 14.5. The summed E-state index contributed by atoms with van der Waals surface area (Å²) in [5.74, 6) is 0.959.